The fourth-order valence-electron chi connectivity index (χ4n) is 12.2. The highest BCUT2D eigenvalue weighted by atomic mass is 16.7. The van der Waals surface area contributed by atoms with Crippen LogP contribution >= 0.6 is 0 Å². The maximum absolute atomic E-state index is 14.2. The number of allylic oxidation sites excluding steroid dienone is 1. The number of ether oxygens (including phenoxy) is 9. The summed E-state index contributed by atoms with van der Waals surface area (Å²) in [6.07, 6.45) is -3.11. The zero-order chi connectivity index (χ0) is 36.9. The lowest BCUT2D eigenvalue weighted by Gasteiger charge is -2.65. The van der Waals surface area contributed by atoms with E-state index in [-0.39, 0.29) is 18.4 Å². The van der Waals surface area contributed by atoms with Crippen molar-refractivity contribution < 1.29 is 77.1 Å². The molecule has 0 amide bonds. The zero-order valence-corrected chi connectivity index (χ0v) is 29.4. The zero-order valence-electron chi connectivity index (χ0n) is 29.4. The Morgan fingerprint density at radius 1 is 0.961 bits per heavy atom. The van der Waals surface area contributed by atoms with Crippen LogP contribution in [0, 0.1) is 34.0 Å². The third-order valence-corrected chi connectivity index (χ3v) is 14.1. The maximum Gasteiger partial charge on any atom is 0.366 e. The molecule has 5 heterocycles. The van der Waals surface area contributed by atoms with Gasteiger partial charge in [0.1, 0.15) is 28.8 Å². The van der Waals surface area contributed by atoms with Gasteiger partial charge in [-0.25, -0.2) is 9.59 Å². The van der Waals surface area contributed by atoms with Gasteiger partial charge >= 0.3 is 23.9 Å². The Bertz CT molecular complexity index is 1660. The fourth-order valence-corrected chi connectivity index (χ4v) is 12.2. The lowest BCUT2D eigenvalue weighted by Crippen LogP contribution is -2.79. The van der Waals surface area contributed by atoms with E-state index in [1.807, 2.05) is 0 Å². The number of fused-ring (bicyclic) bond motifs is 7. The molecule has 2 bridgehead atoms. The normalized spacial score (nSPS) is 53.9. The Morgan fingerprint density at radius 2 is 1.67 bits per heavy atom. The smallest absolute Gasteiger partial charge is 0.366 e. The molecule has 16 heteroatoms. The first kappa shape index (κ1) is 34.9. The first-order chi connectivity index (χ1) is 23.9. The molecule has 51 heavy (non-hydrogen) atoms. The van der Waals surface area contributed by atoms with Gasteiger partial charge in [-0.2, -0.15) is 0 Å². The Kier molecular flexibility index (Phi) is 7.20. The maximum atomic E-state index is 14.2. The number of aliphatic hydroxyl groups excluding tert-OH is 1. The van der Waals surface area contributed by atoms with E-state index in [0.717, 1.165) is 14.2 Å². The van der Waals surface area contributed by atoms with E-state index >= 15 is 0 Å². The highest BCUT2D eigenvalue weighted by Gasteiger charge is 2.97. The number of rotatable bonds is 6. The van der Waals surface area contributed by atoms with E-state index in [4.69, 9.17) is 42.6 Å². The van der Waals surface area contributed by atoms with Crippen LogP contribution in [0.5, 0.6) is 0 Å². The summed E-state index contributed by atoms with van der Waals surface area (Å²) >= 11 is 0. The number of methoxy groups -OCH3 is 2. The Morgan fingerprint density at radius 3 is 2.31 bits per heavy atom. The second kappa shape index (κ2) is 10.5. The monoisotopic (exact) mass is 720 g/mol. The van der Waals surface area contributed by atoms with Gasteiger partial charge in [-0.15, -0.1) is 0 Å². The van der Waals surface area contributed by atoms with Gasteiger partial charge in [0.2, 0.25) is 6.29 Å². The highest BCUT2D eigenvalue weighted by Crippen LogP contribution is 2.83. The van der Waals surface area contributed by atoms with E-state index in [1.165, 1.54) is 19.3 Å². The number of carbonyl (C=O) groups is 4. The predicted octanol–water partition coefficient (Wildman–Crippen LogP) is -0.203. The molecular formula is C35H44O16. The van der Waals surface area contributed by atoms with Crippen molar-refractivity contribution in [2.24, 2.45) is 34.0 Å². The molecule has 7 fully saturated rings. The van der Waals surface area contributed by atoms with E-state index < -0.39 is 130 Å². The third-order valence-electron chi connectivity index (χ3n) is 14.1. The van der Waals surface area contributed by atoms with Gasteiger partial charge in [-0.05, 0) is 33.3 Å². The van der Waals surface area contributed by atoms with E-state index in [0.29, 0.717) is 0 Å². The fraction of sp³-hybridized carbons (Fsp3) is 0.771. The van der Waals surface area contributed by atoms with Gasteiger partial charge in [0.05, 0.1) is 52.0 Å². The second-order valence-corrected chi connectivity index (χ2v) is 15.8. The first-order valence-corrected chi connectivity index (χ1v) is 17.2. The minimum Gasteiger partial charge on any atom is -0.469 e. The topological polar surface area (TPSA) is 215 Å². The number of epoxide rings is 1. The highest BCUT2D eigenvalue weighted by molar-refractivity contribution is 5.88. The van der Waals surface area contributed by atoms with E-state index in [9.17, 15) is 34.5 Å². The molecule has 3 saturated carbocycles. The van der Waals surface area contributed by atoms with E-state index in [1.54, 1.807) is 33.8 Å². The molecule has 0 radical (unpaired) electrons. The molecule has 16 atom stereocenters. The summed E-state index contributed by atoms with van der Waals surface area (Å²) < 4.78 is 54.0. The summed E-state index contributed by atoms with van der Waals surface area (Å²) in [6, 6.07) is 0. The van der Waals surface area contributed by atoms with Crippen LogP contribution in [-0.2, 0) is 61.8 Å². The molecule has 4 saturated heterocycles. The molecule has 3 aliphatic carbocycles. The minimum atomic E-state index is -2.82. The van der Waals surface area contributed by atoms with Crippen LogP contribution in [0.15, 0.2) is 24.0 Å². The quantitative estimate of drug-likeness (QED) is 0.140. The standard InChI is InChI=1S/C35H44O16/c1-8-15(2)24(38)49-18-12-19(48-16(3)36)32(26(39)43-6)13-46-21-22(32)31(18)14-47-34(42,27(40)44-7)25(31)29(4,23(21)37)35-20-11-17(30(35,5)51-35)33(41)9-10-45-28(33)50-20/h8-10,17-23,25,28,37,41-42H,11-14H2,1-7H3/b15-8+/t17-,18+,19-,20+,21-,22-,23-,25+,28+,29-,30+,31+,32+,33+,34+,35-/m1/s1. The molecule has 8 aliphatic rings. The van der Waals surface area contributed by atoms with Crippen LogP contribution in [0.2, 0.25) is 0 Å². The number of hydrogen-bond donors (Lipinski definition) is 3. The van der Waals surface area contributed by atoms with Crippen LogP contribution in [-0.4, -0.2) is 126 Å². The number of esters is 4. The average Bonchev–Trinajstić information content (AvgIpc) is 3.47. The summed E-state index contributed by atoms with van der Waals surface area (Å²) in [5.41, 5.74) is -9.47. The SMILES string of the molecule is C/C=C(\C)C(=O)O[C@H]1C[C@@H](OC(C)=O)[C@@]2(C(=O)OC)CO[C@H]3[C@@H](O)[C@@](C)([C@@]45O[C@@]4(C)[C@H]4C[C@@H]5O[C@@H]5OC=C[C@@]54O)[C@H]4[C@]1(CO[C@]4(O)C(=O)OC)[C@@H]32. The Hall–Kier alpha value is -3.12. The van der Waals surface area contributed by atoms with Crippen molar-refractivity contribution in [3.8, 4) is 0 Å². The van der Waals surface area contributed by atoms with Crippen LogP contribution in [0.3, 0.4) is 0 Å². The summed E-state index contributed by atoms with van der Waals surface area (Å²) in [5.74, 6) is -9.76. The van der Waals surface area contributed by atoms with Crippen molar-refractivity contribution in [2.75, 3.05) is 27.4 Å². The van der Waals surface area contributed by atoms with Crippen LogP contribution in [0.1, 0.15) is 47.5 Å². The summed E-state index contributed by atoms with van der Waals surface area (Å²) in [5, 5.41) is 37.4. The number of carbonyl (C=O) groups excluding carboxylic acids is 4. The molecule has 0 unspecified atom stereocenters. The molecule has 0 aromatic rings. The second-order valence-electron chi connectivity index (χ2n) is 15.8. The first-order valence-electron chi connectivity index (χ1n) is 17.2. The average molecular weight is 721 g/mol. The van der Waals surface area contributed by atoms with Crippen molar-refractivity contribution >= 4 is 23.9 Å². The lowest BCUT2D eigenvalue weighted by molar-refractivity contribution is -0.314. The molecule has 3 N–H and O–H groups in total. The van der Waals surface area contributed by atoms with Gasteiger partial charge in [0.15, 0.2) is 5.60 Å². The summed E-state index contributed by atoms with van der Waals surface area (Å²) in [4.78, 5) is 54.4. The van der Waals surface area contributed by atoms with Crippen molar-refractivity contribution in [3.63, 3.8) is 0 Å². The van der Waals surface area contributed by atoms with Crippen LogP contribution in [0.4, 0.5) is 0 Å². The number of aliphatic hydroxyl groups is 3. The molecule has 1 spiro atoms. The van der Waals surface area contributed by atoms with Crippen molar-refractivity contribution in [1.29, 1.82) is 0 Å². The van der Waals surface area contributed by atoms with Gasteiger partial charge in [0.25, 0.3) is 5.79 Å². The van der Waals surface area contributed by atoms with Crippen LogP contribution in [0.25, 0.3) is 0 Å². The Labute approximate surface area is 293 Å². The van der Waals surface area contributed by atoms with Crippen molar-refractivity contribution in [2.45, 2.75) is 107 Å². The molecule has 16 nitrogen and oxygen atoms in total. The van der Waals surface area contributed by atoms with Gasteiger partial charge < -0.3 is 58.0 Å². The van der Waals surface area contributed by atoms with E-state index in [2.05, 4.69) is 0 Å². The van der Waals surface area contributed by atoms with Crippen molar-refractivity contribution in [1.82, 2.24) is 0 Å². The molecule has 0 aromatic heterocycles. The largest absolute Gasteiger partial charge is 0.469 e. The molecule has 5 aliphatic heterocycles. The third kappa shape index (κ3) is 3.65. The molecule has 8 rings (SSSR count). The van der Waals surface area contributed by atoms with Gasteiger partial charge in [-0.1, -0.05) is 13.0 Å². The molecule has 0 aromatic carbocycles. The molecular weight excluding hydrogens is 676 g/mol. The lowest BCUT2D eigenvalue weighted by atomic mass is 9.37. The summed E-state index contributed by atoms with van der Waals surface area (Å²) in [6.45, 7) is 6.88. The van der Waals surface area contributed by atoms with Gasteiger partial charge in [0, 0.05) is 47.5 Å². The molecule has 280 valence electrons. The summed E-state index contributed by atoms with van der Waals surface area (Å²) in [7, 11) is 2.23. The Balaban J connectivity index is 1.40. The minimum absolute atomic E-state index is 0.235. The van der Waals surface area contributed by atoms with Crippen LogP contribution < -0.4 is 0 Å². The van der Waals surface area contributed by atoms with Gasteiger partial charge in [-0.3, -0.25) is 9.59 Å². The number of hydrogen-bond acceptors (Lipinski definition) is 16. The van der Waals surface area contributed by atoms with Crippen molar-refractivity contribution in [3.05, 3.63) is 24.0 Å². The predicted molar refractivity (Wildman–Crippen MR) is 164 cm³/mol.